The Bertz CT molecular complexity index is 569. The molecule has 1 rings (SSSR count). The van der Waals surface area contributed by atoms with Gasteiger partial charge < -0.3 is 26.2 Å². The van der Waals surface area contributed by atoms with E-state index in [-0.39, 0.29) is 12.6 Å². The largest absolute Gasteiger partial charge is 0.497 e. The van der Waals surface area contributed by atoms with Gasteiger partial charge in [0, 0.05) is 31.2 Å². The van der Waals surface area contributed by atoms with Crippen molar-refractivity contribution in [2.75, 3.05) is 13.7 Å². The number of aliphatic hydroxyl groups is 1. The van der Waals surface area contributed by atoms with E-state index in [2.05, 4.69) is 24.5 Å². The number of benzene rings is 1. The molecule has 0 radical (unpaired) electrons. The maximum atomic E-state index is 13.5. The minimum atomic E-state index is -1.21. The van der Waals surface area contributed by atoms with Gasteiger partial charge in [-0.25, -0.2) is 4.39 Å². The molecule has 0 aliphatic rings. The monoisotopic (exact) mass is 369 g/mol. The van der Waals surface area contributed by atoms with Crippen molar-refractivity contribution in [3.8, 4) is 5.75 Å². The second-order valence-electron chi connectivity index (χ2n) is 6.97. The Morgan fingerprint density at radius 1 is 1.35 bits per heavy atom. The maximum absolute atomic E-state index is 13.5. The number of halogens is 1. The van der Waals surface area contributed by atoms with Crippen LogP contribution in [0.15, 0.2) is 18.2 Å². The number of nitrogens with one attached hydrogen (secondary N) is 2. The van der Waals surface area contributed by atoms with Gasteiger partial charge in [0.05, 0.1) is 7.11 Å². The van der Waals surface area contributed by atoms with Crippen molar-refractivity contribution in [1.29, 1.82) is 0 Å². The standard InChI is InChI=1S/C19H32FN3O3/c1-5-17(22-11-15(21)6-12(2)3)18(24)19(25)23-10-13-7-14(20)9-16(8-13)26-4/h7-9,12,15,17-18,22,24H,5-6,10-11,21H2,1-4H3,(H,23,25)/t15-,17?,18?/m0/s1. The first kappa shape index (κ1) is 22.3. The first-order chi connectivity index (χ1) is 12.3. The molecule has 0 saturated carbocycles. The first-order valence-corrected chi connectivity index (χ1v) is 9.05. The normalized spacial score (nSPS) is 14.8. The third kappa shape index (κ3) is 7.68. The van der Waals surface area contributed by atoms with Gasteiger partial charge in [-0.1, -0.05) is 20.8 Å². The van der Waals surface area contributed by atoms with Crippen LogP contribution in [-0.2, 0) is 11.3 Å². The number of ether oxygens (including phenoxy) is 1. The summed E-state index contributed by atoms with van der Waals surface area (Å²) < 4.78 is 18.5. The Morgan fingerprint density at radius 2 is 2.04 bits per heavy atom. The molecule has 0 spiro atoms. The molecule has 2 unspecified atom stereocenters. The molecule has 26 heavy (non-hydrogen) atoms. The number of aliphatic hydroxyl groups excluding tert-OH is 1. The lowest BCUT2D eigenvalue weighted by Crippen LogP contribution is -2.51. The van der Waals surface area contributed by atoms with Gasteiger partial charge in [0.2, 0.25) is 0 Å². The third-order valence-corrected chi connectivity index (χ3v) is 4.14. The fraction of sp³-hybridized carbons (Fsp3) is 0.632. The van der Waals surface area contributed by atoms with Crippen molar-refractivity contribution in [2.24, 2.45) is 11.7 Å². The molecule has 1 aromatic carbocycles. The molecule has 0 saturated heterocycles. The van der Waals surface area contributed by atoms with E-state index in [9.17, 15) is 14.3 Å². The summed E-state index contributed by atoms with van der Waals surface area (Å²) in [5.41, 5.74) is 6.60. The van der Waals surface area contributed by atoms with Crippen LogP contribution in [0, 0.1) is 11.7 Å². The highest BCUT2D eigenvalue weighted by molar-refractivity contribution is 5.81. The van der Waals surface area contributed by atoms with Crippen LogP contribution in [0.25, 0.3) is 0 Å². The summed E-state index contributed by atoms with van der Waals surface area (Å²) in [6.45, 7) is 6.72. The molecule has 1 aromatic rings. The van der Waals surface area contributed by atoms with Crippen molar-refractivity contribution in [3.63, 3.8) is 0 Å². The van der Waals surface area contributed by atoms with E-state index in [1.807, 2.05) is 6.92 Å². The van der Waals surface area contributed by atoms with Gasteiger partial charge in [0.1, 0.15) is 17.7 Å². The minimum absolute atomic E-state index is 0.0286. The zero-order chi connectivity index (χ0) is 19.7. The summed E-state index contributed by atoms with van der Waals surface area (Å²) in [6, 6.07) is 3.79. The quantitative estimate of drug-likeness (QED) is 0.475. The van der Waals surface area contributed by atoms with Crippen molar-refractivity contribution in [1.82, 2.24) is 10.6 Å². The first-order valence-electron chi connectivity index (χ1n) is 9.05. The Morgan fingerprint density at radius 3 is 2.62 bits per heavy atom. The number of hydrogen-bond donors (Lipinski definition) is 4. The van der Waals surface area contributed by atoms with Gasteiger partial charge in [0.25, 0.3) is 5.91 Å². The second-order valence-corrected chi connectivity index (χ2v) is 6.97. The topological polar surface area (TPSA) is 96.6 Å². The van der Waals surface area contributed by atoms with Crippen LogP contribution in [-0.4, -0.2) is 42.9 Å². The van der Waals surface area contributed by atoms with E-state index in [0.29, 0.717) is 30.2 Å². The Kier molecular flexibility index (Phi) is 9.54. The lowest BCUT2D eigenvalue weighted by atomic mass is 10.0. The zero-order valence-corrected chi connectivity index (χ0v) is 16.1. The lowest BCUT2D eigenvalue weighted by Gasteiger charge is -2.24. The maximum Gasteiger partial charge on any atom is 0.250 e. The van der Waals surface area contributed by atoms with Crippen molar-refractivity contribution in [2.45, 2.75) is 58.3 Å². The van der Waals surface area contributed by atoms with Crippen LogP contribution in [0.4, 0.5) is 4.39 Å². The molecule has 1 amide bonds. The number of carbonyl (C=O) groups excluding carboxylic acids is 1. The Labute approximate surface area is 155 Å². The number of methoxy groups -OCH3 is 1. The second kappa shape index (κ2) is 11.1. The Hall–Kier alpha value is -1.70. The van der Waals surface area contributed by atoms with Crippen LogP contribution in [0.2, 0.25) is 0 Å². The van der Waals surface area contributed by atoms with Gasteiger partial charge in [-0.2, -0.15) is 0 Å². The summed E-state index contributed by atoms with van der Waals surface area (Å²) in [5, 5.41) is 16.1. The van der Waals surface area contributed by atoms with Crippen LogP contribution in [0.3, 0.4) is 0 Å². The number of hydrogen-bond acceptors (Lipinski definition) is 5. The molecule has 0 bridgehead atoms. The van der Waals surface area contributed by atoms with Crippen molar-refractivity contribution < 1.29 is 19.0 Å². The predicted octanol–water partition coefficient (Wildman–Crippen LogP) is 1.55. The van der Waals surface area contributed by atoms with Gasteiger partial charge in [-0.15, -0.1) is 0 Å². The lowest BCUT2D eigenvalue weighted by molar-refractivity contribution is -0.131. The van der Waals surface area contributed by atoms with Crippen molar-refractivity contribution >= 4 is 5.91 Å². The fourth-order valence-corrected chi connectivity index (χ4v) is 2.79. The minimum Gasteiger partial charge on any atom is -0.497 e. The smallest absolute Gasteiger partial charge is 0.250 e. The zero-order valence-electron chi connectivity index (χ0n) is 16.1. The highest BCUT2D eigenvalue weighted by Crippen LogP contribution is 2.15. The van der Waals surface area contributed by atoms with E-state index in [4.69, 9.17) is 10.5 Å². The van der Waals surface area contributed by atoms with Crippen molar-refractivity contribution in [3.05, 3.63) is 29.6 Å². The number of rotatable bonds is 11. The molecule has 148 valence electrons. The molecule has 7 heteroatoms. The highest BCUT2D eigenvalue weighted by atomic mass is 19.1. The van der Waals surface area contributed by atoms with Gasteiger partial charge in [-0.05, 0) is 36.5 Å². The summed E-state index contributed by atoms with van der Waals surface area (Å²) in [6.07, 6.45) is 0.242. The molecule has 0 fully saturated rings. The molecular formula is C19H32FN3O3. The van der Waals surface area contributed by atoms with Crippen LogP contribution in [0.1, 0.15) is 39.2 Å². The van der Waals surface area contributed by atoms with E-state index >= 15 is 0 Å². The van der Waals surface area contributed by atoms with Crippen LogP contribution < -0.4 is 21.1 Å². The molecule has 0 aliphatic carbocycles. The molecule has 0 aliphatic heterocycles. The molecular weight excluding hydrogens is 337 g/mol. The van der Waals surface area contributed by atoms with Gasteiger partial charge in [-0.3, -0.25) is 4.79 Å². The van der Waals surface area contributed by atoms with E-state index in [1.165, 1.54) is 19.2 Å². The SMILES string of the molecule is CCC(NC[C@@H](N)CC(C)C)C(O)C(=O)NCc1cc(F)cc(OC)c1. The molecule has 0 heterocycles. The number of carbonyl (C=O) groups is 1. The molecule has 5 N–H and O–H groups in total. The van der Waals surface area contributed by atoms with Gasteiger partial charge in [0.15, 0.2) is 0 Å². The van der Waals surface area contributed by atoms with Gasteiger partial charge >= 0.3 is 0 Å². The van der Waals surface area contributed by atoms with Crippen LogP contribution >= 0.6 is 0 Å². The van der Waals surface area contributed by atoms with E-state index < -0.39 is 23.9 Å². The average Bonchev–Trinajstić information content (AvgIpc) is 2.58. The molecule has 0 aromatic heterocycles. The summed E-state index contributed by atoms with van der Waals surface area (Å²) >= 11 is 0. The predicted molar refractivity (Wildman–Crippen MR) is 100 cm³/mol. The van der Waals surface area contributed by atoms with E-state index in [0.717, 1.165) is 6.42 Å². The van der Waals surface area contributed by atoms with Crippen LogP contribution in [0.5, 0.6) is 5.75 Å². The summed E-state index contributed by atoms with van der Waals surface area (Å²) in [7, 11) is 1.45. The number of amides is 1. The van der Waals surface area contributed by atoms with E-state index in [1.54, 1.807) is 6.07 Å². The molecule has 3 atom stereocenters. The summed E-state index contributed by atoms with van der Waals surface area (Å²) in [5.74, 6) is -0.0863. The summed E-state index contributed by atoms with van der Waals surface area (Å²) in [4.78, 5) is 12.2. The Balaban J connectivity index is 2.54. The fourth-order valence-electron chi connectivity index (χ4n) is 2.79. The molecule has 6 nitrogen and oxygen atoms in total. The third-order valence-electron chi connectivity index (χ3n) is 4.14. The number of nitrogens with two attached hydrogens (primary N) is 1. The highest BCUT2D eigenvalue weighted by Gasteiger charge is 2.24. The average molecular weight is 369 g/mol.